The molecule has 0 aliphatic carbocycles. The molecule has 0 fully saturated rings. The molecule has 0 aliphatic rings. The lowest BCUT2D eigenvalue weighted by atomic mass is 10.1. The van der Waals surface area contributed by atoms with E-state index in [9.17, 15) is 14.4 Å². The van der Waals surface area contributed by atoms with Crippen LogP contribution in [-0.4, -0.2) is 30.6 Å². The minimum absolute atomic E-state index is 0.0516. The summed E-state index contributed by atoms with van der Waals surface area (Å²) in [6.45, 7) is 5.35. The number of aryl methyl sites for hydroxylation is 2. The van der Waals surface area contributed by atoms with Gasteiger partial charge >= 0.3 is 12.0 Å². The highest BCUT2D eigenvalue weighted by molar-refractivity contribution is 5.95. The smallest absolute Gasteiger partial charge is 0.312 e. The van der Waals surface area contributed by atoms with Crippen molar-refractivity contribution in [2.45, 2.75) is 33.3 Å². The van der Waals surface area contributed by atoms with Crippen LogP contribution in [0.4, 0.5) is 10.5 Å². The number of hydrogen-bond donors (Lipinski definition) is 3. The lowest BCUT2D eigenvalue weighted by Crippen LogP contribution is -2.33. The van der Waals surface area contributed by atoms with E-state index in [0.717, 1.165) is 11.1 Å². The minimum atomic E-state index is -0.930. The van der Waals surface area contributed by atoms with Crippen molar-refractivity contribution in [3.8, 4) is 0 Å². The van der Waals surface area contributed by atoms with E-state index in [-0.39, 0.29) is 13.0 Å². The number of hydrogen-bond acceptors (Lipinski definition) is 4. The van der Waals surface area contributed by atoms with Crippen molar-refractivity contribution in [2.24, 2.45) is 5.73 Å². The number of nitrogens with one attached hydrogen (secondary N) is 2. The molecular weight excluding hydrogens is 286 g/mol. The third-order valence-corrected chi connectivity index (χ3v) is 2.96. The van der Waals surface area contributed by atoms with Crippen molar-refractivity contribution < 1.29 is 19.1 Å². The van der Waals surface area contributed by atoms with Gasteiger partial charge in [-0.1, -0.05) is 12.1 Å². The zero-order valence-corrected chi connectivity index (χ0v) is 12.9. The summed E-state index contributed by atoms with van der Waals surface area (Å²) in [7, 11) is 0. The quantitative estimate of drug-likeness (QED) is 0.686. The molecule has 3 amide bonds. The molecule has 0 aromatic heterocycles. The van der Waals surface area contributed by atoms with Crippen molar-refractivity contribution in [1.82, 2.24) is 5.32 Å². The number of primary amides is 1. The highest BCUT2D eigenvalue weighted by atomic mass is 16.5. The van der Waals surface area contributed by atoms with Gasteiger partial charge in [-0.15, -0.1) is 0 Å². The van der Waals surface area contributed by atoms with Crippen LogP contribution in [0.5, 0.6) is 0 Å². The third-order valence-electron chi connectivity index (χ3n) is 2.96. The molecular formula is C15H21N3O4. The van der Waals surface area contributed by atoms with E-state index in [1.165, 1.54) is 6.92 Å². The fourth-order valence-corrected chi connectivity index (χ4v) is 1.70. The molecule has 1 rings (SSSR count). The maximum absolute atomic E-state index is 12.0. The summed E-state index contributed by atoms with van der Waals surface area (Å²) in [4.78, 5) is 34.0. The van der Waals surface area contributed by atoms with Gasteiger partial charge in [0.15, 0.2) is 6.10 Å². The Hall–Kier alpha value is -2.57. The van der Waals surface area contributed by atoms with Crippen LogP contribution in [0.15, 0.2) is 18.2 Å². The number of ether oxygens (including phenoxy) is 1. The molecule has 120 valence electrons. The van der Waals surface area contributed by atoms with Gasteiger partial charge in [0.05, 0.1) is 6.42 Å². The average Bonchev–Trinajstić information content (AvgIpc) is 2.42. The Morgan fingerprint density at radius 2 is 1.95 bits per heavy atom. The molecule has 1 atom stereocenters. The Balaban J connectivity index is 2.49. The zero-order valence-electron chi connectivity index (χ0n) is 12.9. The highest BCUT2D eigenvalue weighted by Crippen LogP contribution is 2.16. The summed E-state index contributed by atoms with van der Waals surface area (Å²) in [6.07, 6.45) is -0.981. The van der Waals surface area contributed by atoms with E-state index < -0.39 is 24.0 Å². The van der Waals surface area contributed by atoms with Crippen molar-refractivity contribution in [3.05, 3.63) is 29.3 Å². The fraction of sp³-hybridized carbons (Fsp3) is 0.400. The SMILES string of the molecule is Cc1ccc(C)c(NC(=O)[C@@H](C)OC(=O)CCNC(N)=O)c1. The Morgan fingerprint density at radius 3 is 2.59 bits per heavy atom. The van der Waals surface area contributed by atoms with Crippen molar-refractivity contribution >= 4 is 23.6 Å². The maximum atomic E-state index is 12.0. The first kappa shape index (κ1) is 17.5. The largest absolute Gasteiger partial charge is 0.452 e. The van der Waals surface area contributed by atoms with Gasteiger partial charge in [0.25, 0.3) is 5.91 Å². The summed E-state index contributed by atoms with van der Waals surface area (Å²) in [6, 6.07) is 4.98. The third kappa shape index (κ3) is 5.82. The van der Waals surface area contributed by atoms with Gasteiger partial charge in [0.2, 0.25) is 0 Å². The molecule has 1 aromatic carbocycles. The standard InChI is InChI=1S/C15H21N3O4/c1-9-4-5-10(2)12(8-9)18-14(20)11(3)22-13(19)6-7-17-15(16)21/h4-5,8,11H,6-7H2,1-3H3,(H,18,20)(H3,16,17,21)/t11-/m1/s1. The number of carbonyl (C=O) groups excluding carboxylic acids is 3. The van der Waals surface area contributed by atoms with E-state index in [0.29, 0.717) is 5.69 Å². The number of rotatable bonds is 6. The van der Waals surface area contributed by atoms with E-state index in [1.807, 2.05) is 32.0 Å². The first-order chi connectivity index (χ1) is 10.3. The van der Waals surface area contributed by atoms with Gasteiger partial charge in [0, 0.05) is 12.2 Å². The Labute approximate surface area is 129 Å². The molecule has 7 heteroatoms. The van der Waals surface area contributed by atoms with Crippen molar-refractivity contribution in [2.75, 3.05) is 11.9 Å². The fourth-order valence-electron chi connectivity index (χ4n) is 1.70. The molecule has 0 unspecified atom stereocenters. The van der Waals surface area contributed by atoms with Gasteiger partial charge in [0.1, 0.15) is 0 Å². The number of benzene rings is 1. The molecule has 22 heavy (non-hydrogen) atoms. The van der Waals surface area contributed by atoms with Gasteiger partial charge in [-0.25, -0.2) is 4.79 Å². The Bertz CT molecular complexity index is 572. The van der Waals surface area contributed by atoms with E-state index in [2.05, 4.69) is 10.6 Å². The maximum Gasteiger partial charge on any atom is 0.312 e. The zero-order chi connectivity index (χ0) is 16.7. The summed E-state index contributed by atoms with van der Waals surface area (Å²) < 4.78 is 4.99. The second-order valence-corrected chi connectivity index (χ2v) is 4.98. The second kappa shape index (κ2) is 8.02. The predicted octanol–water partition coefficient (Wildman–Crippen LogP) is 1.23. The lowest BCUT2D eigenvalue weighted by Gasteiger charge is -2.15. The van der Waals surface area contributed by atoms with Gasteiger partial charge in [-0.05, 0) is 38.0 Å². The summed E-state index contributed by atoms with van der Waals surface area (Å²) in [5, 5.41) is 4.99. The number of anilines is 1. The number of urea groups is 1. The van der Waals surface area contributed by atoms with Gasteiger partial charge < -0.3 is 21.1 Å². The molecule has 0 spiro atoms. The van der Waals surface area contributed by atoms with Crippen LogP contribution in [-0.2, 0) is 14.3 Å². The number of nitrogens with two attached hydrogens (primary N) is 1. The monoisotopic (exact) mass is 307 g/mol. The molecule has 0 bridgehead atoms. The summed E-state index contributed by atoms with van der Waals surface area (Å²) >= 11 is 0. The van der Waals surface area contributed by atoms with Crippen LogP contribution < -0.4 is 16.4 Å². The van der Waals surface area contributed by atoms with Crippen LogP contribution in [0, 0.1) is 13.8 Å². The lowest BCUT2D eigenvalue weighted by molar-refractivity contribution is -0.153. The molecule has 0 heterocycles. The highest BCUT2D eigenvalue weighted by Gasteiger charge is 2.18. The molecule has 0 saturated heterocycles. The van der Waals surface area contributed by atoms with Crippen molar-refractivity contribution in [3.63, 3.8) is 0 Å². The molecule has 0 radical (unpaired) electrons. The predicted molar refractivity (Wildman–Crippen MR) is 82.3 cm³/mol. The molecule has 4 N–H and O–H groups in total. The molecule has 0 saturated carbocycles. The first-order valence-corrected chi connectivity index (χ1v) is 6.90. The minimum Gasteiger partial charge on any atom is -0.452 e. The van der Waals surface area contributed by atoms with Crippen LogP contribution in [0.25, 0.3) is 0 Å². The van der Waals surface area contributed by atoms with Gasteiger partial charge in [-0.2, -0.15) is 0 Å². The van der Waals surface area contributed by atoms with E-state index >= 15 is 0 Å². The summed E-state index contributed by atoms with van der Waals surface area (Å²) in [5.74, 6) is -0.998. The topological polar surface area (TPSA) is 111 Å². The first-order valence-electron chi connectivity index (χ1n) is 6.90. The van der Waals surface area contributed by atoms with E-state index in [1.54, 1.807) is 0 Å². The van der Waals surface area contributed by atoms with Crippen LogP contribution in [0.2, 0.25) is 0 Å². The molecule has 0 aliphatic heterocycles. The van der Waals surface area contributed by atoms with Crippen LogP contribution >= 0.6 is 0 Å². The summed E-state index contributed by atoms with van der Waals surface area (Å²) in [5.41, 5.74) is 7.49. The normalized spacial score (nSPS) is 11.4. The van der Waals surface area contributed by atoms with Crippen molar-refractivity contribution in [1.29, 1.82) is 0 Å². The van der Waals surface area contributed by atoms with Gasteiger partial charge in [-0.3, -0.25) is 9.59 Å². The Morgan fingerprint density at radius 1 is 1.27 bits per heavy atom. The second-order valence-electron chi connectivity index (χ2n) is 4.98. The van der Waals surface area contributed by atoms with Crippen LogP contribution in [0.1, 0.15) is 24.5 Å². The number of amides is 3. The van der Waals surface area contributed by atoms with Crippen LogP contribution in [0.3, 0.4) is 0 Å². The Kier molecular flexibility index (Phi) is 6.37. The number of carbonyl (C=O) groups is 3. The average molecular weight is 307 g/mol. The molecule has 7 nitrogen and oxygen atoms in total. The van der Waals surface area contributed by atoms with E-state index in [4.69, 9.17) is 10.5 Å². The number of esters is 1. The molecule has 1 aromatic rings.